The molecule has 2 N–H and O–H groups in total. The zero-order valence-corrected chi connectivity index (χ0v) is 11.2. The molecule has 0 aliphatic carbocycles. The molecule has 0 amide bonds. The van der Waals surface area contributed by atoms with Gasteiger partial charge >= 0.3 is 0 Å². The summed E-state index contributed by atoms with van der Waals surface area (Å²) in [5.74, 6) is 0.629. The zero-order valence-electron chi connectivity index (χ0n) is 9.07. The summed E-state index contributed by atoms with van der Waals surface area (Å²) in [5, 5.41) is 0. The van der Waals surface area contributed by atoms with Gasteiger partial charge in [0.25, 0.3) is 0 Å². The summed E-state index contributed by atoms with van der Waals surface area (Å²) < 4.78 is 1.25. The molecule has 0 radical (unpaired) electrons. The molecule has 82 valence electrons. The third kappa shape index (κ3) is 2.72. The fourth-order valence-corrected chi connectivity index (χ4v) is 1.96. The zero-order chi connectivity index (χ0) is 11.5. The fraction of sp³-hybridized carbons (Fsp3) is 0.154. The molecule has 0 aliphatic heterocycles. The van der Waals surface area contributed by atoms with Gasteiger partial charge in [-0.25, -0.2) is 4.98 Å². The number of pyridine rings is 1. The normalized spacial score (nSPS) is 10.4. The molecule has 1 heterocycles. The predicted octanol–water partition coefficient (Wildman–Crippen LogP) is 3.17. The van der Waals surface area contributed by atoms with Crippen LogP contribution in [0.4, 0.5) is 5.82 Å². The summed E-state index contributed by atoms with van der Waals surface area (Å²) in [6.07, 6.45) is 2.64. The number of hydrogen-bond acceptors (Lipinski definition) is 2. The summed E-state index contributed by atoms with van der Waals surface area (Å²) in [6.45, 7) is 2.03. The molecule has 0 spiro atoms. The lowest BCUT2D eigenvalue weighted by molar-refractivity contribution is 1.13. The van der Waals surface area contributed by atoms with Crippen molar-refractivity contribution in [3.63, 3.8) is 0 Å². The summed E-state index contributed by atoms with van der Waals surface area (Å²) in [6, 6.07) is 10.6. The number of halogens is 1. The summed E-state index contributed by atoms with van der Waals surface area (Å²) in [5.41, 5.74) is 9.36. The molecule has 0 atom stereocenters. The van der Waals surface area contributed by atoms with Crippen LogP contribution in [0.1, 0.15) is 16.7 Å². The Labute approximate surface area is 109 Å². The van der Waals surface area contributed by atoms with Crippen LogP contribution in [-0.4, -0.2) is 4.98 Å². The first-order valence-electron chi connectivity index (χ1n) is 5.10. The van der Waals surface area contributed by atoms with Gasteiger partial charge in [0.2, 0.25) is 0 Å². The first-order chi connectivity index (χ1) is 7.65. The first-order valence-corrected chi connectivity index (χ1v) is 6.18. The van der Waals surface area contributed by atoms with Crippen molar-refractivity contribution in [2.45, 2.75) is 13.3 Å². The number of aromatic nitrogens is 1. The SMILES string of the molecule is Cc1cnc(N)c(Cc2ccc(I)cc2)c1. The number of nitrogens with two attached hydrogens (primary N) is 1. The molecule has 0 aliphatic rings. The maximum atomic E-state index is 5.85. The van der Waals surface area contributed by atoms with Crippen LogP contribution in [0.2, 0.25) is 0 Å². The molecule has 0 bridgehead atoms. The minimum atomic E-state index is 0.629. The van der Waals surface area contributed by atoms with Crippen LogP contribution in [0.25, 0.3) is 0 Å². The van der Waals surface area contributed by atoms with E-state index in [0.29, 0.717) is 5.82 Å². The number of aryl methyl sites for hydroxylation is 1. The van der Waals surface area contributed by atoms with Crippen molar-refractivity contribution < 1.29 is 0 Å². The van der Waals surface area contributed by atoms with Crippen LogP contribution < -0.4 is 5.73 Å². The van der Waals surface area contributed by atoms with Gasteiger partial charge in [0.15, 0.2) is 0 Å². The van der Waals surface area contributed by atoms with Gasteiger partial charge in [-0.05, 0) is 58.3 Å². The monoisotopic (exact) mass is 324 g/mol. The van der Waals surface area contributed by atoms with Gasteiger partial charge in [-0.3, -0.25) is 0 Å². The minimum absolute atomic E-state index is 0.629. The Morgan fingerprint density at radius 2 is 1.94 bits per heavy atom. The Morgan fingerprint density at radius 1 is 1.25 bits per heavy atom. The van der Waals surface area contributed by atoms with Gasteiger partial charge in [-0.1, -0.05) is 18.2 Å². The van der Waals surface area contributed by atoms with Crippen molar-refractivity contribution in [2.24, 2.45) is 0 Å². The van der Waals surface area contributed by atoms with E-state index in [2.05, 4.69) is 57.9 Å². The molecule has 1 aromatic carbocycles. The van der Waals surface area contributed by atoms with Crippen molar-refractivity contribution in [3.05, 3.63) is 56.8 Å². The number of nitrogens with zero attached hydrogens (tertiary/aromatic N) is 1. The molecule has 2 aromatic rings. The molecule has 1 aromatic heterocycles. The summed E-state index contributed by atoms with van der Waals surface area (Å²) >= 11 is 2.30. The largest absolute Gasteiger partial charge is 0.383 e. The first kappa shape index (κ1) is 11.4. The standard InChI is InChI=1S/C13H13IN2/c1-9-6-11(13(15)16-8-9)7-10-2-4-12(14)5-3-10/h2-6,8H,7H2,1H3,(H2,15,16). The minimum Gasteiger partial charge on any atom is -0.383 e. The van der Waals surface area contributed by atoms with Crippen LogP contribution in [0.3, 0.4) is 0 Å². The maximum absolute atomic E-state index is 5.85. The summed E-state index contributed by atoms with van der Waals surface area (Å²) in [4.78, 5) is 4.17. The predicted molar refractivity (Wildman–Crippen MR) is 75.4 cm³/mol. The average molecular weight is 324 g/mol. The highest BCUT2D eigenvalue weighted by Gasteiger charge is 2.02. The fourth-order valence-electron chi connectivity index (χ4n) is 1.60. The van der Waals surface area contributed by atoms with Crippen LogP contribution in [-0.2, 0) is 6.42 Å². The molecular weight excluding hydrogens is 311 g/mol. The Balaban J connectivity index is 2.26. The maximum Gasteiger partial charge on any atom is 0.126 e. The molecule has 0 saturated carbocycles. The highest BCUT2D eigenvalue weighted by Crippen LogP contribution is 2.16. The molecule has 0 unspecified atom stereocenters. The Hall–Kier alpha value is -1.10. The van der Waals surface area contributed by atoms with E-state index in [9.17, 15) is 0 Å². The Morgan fingerprint density at radius 3 is 2.62 bits per heavy atom. The van der Waals surface area contributed by atoms with Crippen molar-refractivity contribution in [3.8, 4) is 0 Å². The molecule has 0 fully saturated rings. The van der Waals surface area contributed by atoms with Crippen molar-refractivity contribution in [2.75, 3.05) is 5.73 Å². The third-order valence-corrected chi connectivity index (χ3v) is 3.17. The van der Waals surface area contributed by atoms with Gasteiger partial charge in [-0.2, -0.15) is 0 Å². The number of benzene rings is 1. The van der Waals surface area contributed by atoms with E-state index in [0.717, 1.165) is 17.5 Å². The molecular formula is C13H13IN2. The quantitative estimate of drug-likeness (QED) is 0.862. The van der Waals surface area contributed by atoms with Crippen LogP contribution >= 0.6 is 22.6 Å². The van der Waals surface area contributed by atoms with Crippen LogP contribution in [0.15, 0.2) is 36.5 Å². The van der Waals surface area contributed by atoms with E-state index in [4.69, 9.17) is 5.73 Å². The second kappa shape index (κ2) is 4.82. The van der Waals surface area contributed by atoms with E-state index in [1.165, 1.54) is 9.13 Å². The van der Waals surface area contributed by atoms with Gasteiger partial charge in [0, 0.05) is 16.2 Å². The molecule has 3 heteroatoms. The molecule has 16 heavy (non-hydrogen) atoms. The van der Waals surface area contributed by atoms with Gasteiger partial charge in [-0.15, -0.1) is 0 Å². The lowest BCUT2D eigenvalue weighted by Gasteiger charge is -2.06. The number of nitrogen functional groups attached to an aromatic ring is 1. The molecule has 0 saturated heterocycles. The Kier molecular flexibility index (Phi) is 3.43. The number of rotatable bonds is 2. The van der Waals surface area contributed by atoms with Crippen molar-refractivity contribution >= 4 is 28.4 Å². The van der Waals surface area contributed by atoms with Crippen LogP contribution in [0, 0.1) is 10.5 Å². The van der Waals surface area contributed by atoms with Gasteiger partial charge < -0.3 is 5.73 Å². The van der Waals surface area contributed by atoms with Gasteiger partial charge in [0.1, 0.15) is 5.82 Å². The van der Waals surface area contributed by atoms with Crippen molar-refractivity contribution in [1.29, 1.82) is 0 Å². The number of hydrogen-bond donors (Lipinski definition) is 1. The third-order valence-electron chi connectivity index (χ3n) is 2.45. The van der Waals surface area contributed by atoms with Gasteiger partial charge in [0.05, 0.1) is 0 Å². The molecule has 2 nitrogen and oxygen atoms in total. The van der Waals surface area contributed by atoms with E-state index in [1.54, 1.807) is 6.20 Å². The summed E-state index contributed by atoms with van der Waals surface area (Å²) in [7, 11) is 0. The molecule has 2 rings (SSSR count). The number of anilines is 1. The van der Waals surface area contributed by atoms with Crippen LogP contribution in [0.5, 0.6) is 0 Å². The highest BCUT2D eigenvalue weighted by molar-refractivity contribution is 14.1. The lowest BCUT2D eigenvalue weighted by atomic mass is 10.0. The average Bonchev–Trinajstić information content (AvgIpc) is 2.27. The van der Waals surface area contributed by atoms with E-state index < -0.39 is 0 Å². The van der Waals surface area contributed by atoms with Crippen molar-refractivity contribution in [1.82, 2.24) is 4.98 Å². The second-order valence-corrected chi connectivity index (χ2v) is 5.11. The lowest BCUT2D eigenvalue weighted by Crippen LogP contribution is -1.99. The highest BCUT2D eigenvalue weighted by atomic mass is 127. The van der Waals surface area contributed by atoms with E-state index in [-0.39, 0.29) is 0 Å². The van der Waals surface area contributed by atoms with E-state index >= 15 is 0 Å². The smallest absolute Gasteiger partial charge is 0.126 e. The topological polar surface area (TPSA) is 38.9 Å². The second-order valence-electron chi connectivity index (χ2n) is 3.86. The Bertz CT molecular complexity index is 492. The van der Waals surface area contributed by atoms with E-state index in [1.807, 2.05) is 6.92 Å².